The number of aromatic nitrogens is 1. The number of hydrogen-bond acceptors (Lipinski definition) is 5. The van der Waals surface area contributed by atoms with Gasteiger partial charge in [0.1, 0.15) is 16.3 Å². The van der Waals surface area contributed by atoms with E-state index in [4.69, 9.17) is 5.73 Å². The first-order chi connectivity index (χ1) is 9.18. The van der Waals surface area contributed by atoms with E-state index in [1.54, 1.807) is 18.2 Å². The average molecular weight is 295 g/mol. The Labute approximate surface area is 118 Å². The molecule has 6 nitrogen and oxygen atoms in total. The van der Waals surface area contributed by atoms with Crippen LogP contribution in [0.2, 0.25) is 0 Å². The number of carbonyl (C=O) groups is 1. The molecule has 0 atom stereocenters. The second-order valence-electron chi connectivity index (χ2n) is 4.65. The Morgan fingerprint density at radius 1 is 1.45 bits per heavy atom. The molecule has 1 rings (SSSR count). The number of pyridine rings is 1. The van der Waals surface area contributed by atoms with Crippen molar-refractivity contribution in [2.24, 2.45) is 5.73 Å². The highest BCUT2D eigenvalue weighted by Gasteiger charge is 2.38. The third-order valence-electron chi connectivity index (χ3n) is 2.78. The summed E-state index contributed by atoms with van der Waals surface area (Å²) in [7, 11) is -3.53. The summed E-state index contributed by atoms with van der Waals surface area (Å²) in [5, 5.41) is 2.48. The third-order valence-corrected chi connectivity index (χ3v) is 4.82. The minimum Gasteiger partial charge on any atom is -0.320 e. The van der Waals surface area contributed by atoms with Crippen LogP contribution in [-0.4, -0.2) is 36.9 Å². The number of nitrogens with one attached hydrogen (secondary N) is 1. The van der Waals surface area contributed by atoms with Gasteiger partial charge in [-0.25, -0.2) is 13.4 Å². The first kappa shape index (κ1) is 16.1. The minimum atomic E-state index is -3.53. The van der Waals surface area contributed by atoms with Crippen molar-refractivity contribution in [3.8, 4) is 11.8 Å². The zero-order valence-electron chi connectivity index (χ0n) is 11.6. The molecule has 0 aliphatic rings. The van der Waals surface area contributed by atoms with Gasteiger partial charge in [-0.1, -0.05) is 12.0 Å². The Balaban J connectivity index is 2.97. The molecule has 0 aliphatic carbocycles. The molecule has 0 saturated heterocycles. The second kappa shape index (κ2) is 6.03. The Bertz CT molecular complexity index is 670. The monoisotopic (exact) mass is 295 g/mol. The maximum Gasteiger partial charge on any atom is 0.246 e. The second-order valence-corrected chi connectivity index (χ2v) is 7.22. The molecule has 0 spiro atoms. The molecule has 3 N–H and O–H groups in total. The maximum absolute atomic E-state index is 12.0. The molecular weight excluding hydrogens is 278 g/mol. The topological polar surface area (TPSA) is 102 Å². The minimum absolute atomic E-state index is 0.208. The van der Waals surface area contributed by atoms with Crippen molar-refractivity contribution in [2.75, 3.05) is 18.1 Å². The standard InChI is InChI=1S/C13H17N3O3S/c1-13(2,20(3,18)19)12(17)16-11-8-4-6-10(15-11)7-5-9-14/h4,6,8H,9,14H2,1-3H3,(H,15,16,17). The lowest BCUT2D eigenvalue weighted by Gasteiger charge is -2.21. The number of anilines is 1. The van der Waals surface area contributed by atoms with Gasteiger partial charge in [0, 0.05) is 6.26 Å². The molecule has 20 heavy (non-hydrogen) atoms. The molecule has 1 heterocycles. The van der Waals surface area contributed by atoms with Gasteiger partial charge in [-0.2, -0.15) is 0 Å². The highest BCUT2D eigenvalue weighted by atomic mass is 32.2. The van der Waals surface area contributed by atoms with E-state index in [0.717, 1.165) is 6.26 Å². The van der Waals surface area contributed by atoms with Crippen molar-refractivity contribution >= 4 is 21.6 Å². The molecule has 0 bridgehead atoms. The number of sulfone groups is 1. The van der Waals surface area contributed by atoms with Crippen molar-refractivity contribution in [2.45, 2.75) is 18.6 Å². The van der Waals surface area contributed by atoms with Crippen molar-refractivity contribution < 1.29 is 13.2 Å². The smallest absolute Gasteiger partial charge is 0.246 e. The van der Waals surface area contributed by atoms with Crippen LogP contribution in [0.4, 0.5) is 5.82 Å². The predicted molar refractivity (Wildman–Crippen MR) is 77.7 cm³/mol. The fourth-order valence-corrected chi connectivity index (χ4v) is 1.54. The highest BCUT2D eigenvalue weighted by molar-refractivity contribution is 7.92. The van der Waals surface area contributed by atoms with E-state index in [9.17, 15) is 13.2 Å². The summed E-state index contributed by atoms with van der Waals surface area (Å²) in [6.07, 6.45) is 1.02. The Hall–Kier alpha value is -1.91. The van der Waals surface area contributed by atoms with E-state index in [1.807, 2.05) is 0 Å². The fourth-order valence-electron chi connectivity index (χ4n) is 1.15. The van der Waals surface area contributed by atoms with Crippen LogP contribution in [0.25, 0.3) is 0 Å². The molecule has 0 radical (unpaired) electrons. The molecule has 1 aromatic rings. The van der Waals surface area contributed by atoms with E-state index in [2.05, 4.69) is 22.1 Å². The lowest BCUT2D eigenvalue weighted by Crippen LogP contribution is -2.44. The molecule has 1 amide bonds. The van der Waals surface area contributed by atoms with Crippen LogP contribution in [0.5, 0.6) is 0 Å². The van der Waals surface area contributed by atoms with E-state index in [-0.39, 0.29) is 12.4 Å². The molecule has 0 fully saturated rings. The molecule has 7 heteroatoms. The van der Waals surface area contributed by atoms with Crippen LogP contribution in [0.3, 0.4) is 0 Å². The Kier molecular flexibility index (Phi) is 4.87. The number of hydrogen-bond donors (Lipinski definition) is 2. The van der Waals surface area contributed by atoms with E-state index < -0.39 is 20.5 Å². The third kappa shape index (κ3) is 3.79. The summed E-state index contributed by atoms with van der Waals surface area (Å²) in [4.78, 5) is 16.1. The molecule has 108 valence electrons. The number of nitrogens with zero attached hydrogens (tertiary/aromatic N) is 1. The zero-order chi connectivity index (χ0) is 15.4. The van der Waals surface area contributed by atoms with Gasteiger partial charge in [0.05, 0.1) is 6.54 Å². The lowest BCUT2D eigenvalue weighted by molar-refractivity contribution is -0.117. The van der Waals surface area contributed by atoms with E-state index in [1.165, 1.54) is 13.8 Å². The quantitative estimate of drug-likeness (QED) is 0.773. The maximum atomic E-state index is 12.0. The van der Waals surface area contributed by atoms with Crippen molar-refractivity contribution in [1.29, 1.82) is 0 Å². The van der Waals surface area contributed by atoms with Gasteiger partial charge in [0.25, 0.3) is 0 Å². The normalized spacial score (nSPS) is 11.4. The number of carbonyl (C=O) groups excluding carboxylic acids is 1. The predicted octanol–water partition coefficient (Wildman–Crippen LogP) is 0.154. The van der Waals surface area contributed by atoms with Gasteiger partial charge in [-0.3, -0.25) is 4.79 Å². The molecule has 0 aliphatic heterocycles. The molecule has 0 unspecified atom stereocenters. The highest BCUT2D eigenvalue weighted by Crippen LogP contribution is 2.17. The SMILES string of the molecule is CC(C)(C(=O)Nc1cccc(C#CCN)n1)S(C)(=O)=O. The molecule has 1 aromatic heterocycles. The summed E-state index contributed by atoms with van der Waals surface area (Å²) in [5.74, 6) is 4.98. The van der Waals surface area contributed by atoms with Crippen LogP contribution in [0, 0.1) is 11.8 Å². The van der Waals surface area contributed by atoms with Gasteiger partial charge in [0.15, 0.2) is 9.84 Å². The van der Waals surface area contributed by atoms with Crippen molar-refractivity contribution in [1.82, 2.24) is 4.98 Å². The van der Waals surface area contributed by atoms with Crippen molar-refractivity contribution in [3.63, 3.8) is 0 Å². The van der Waals surface area contributed by atoms with Crippen molar-refractivity contribution in [3.05, 3.63) is 23.9 Å². The Morgan fingerprint density at radius 2 is 2.10 bits per heavy atom. The zero-order valence-corrected chi connectivity index (χ0v) is 12.4. The van der Waals surface area contributed by atoms with Gasteiger partial charge < -0.3 is 11.1 Å². The summed E-state index contributed by atoms with van der Waals surface area (Å²) >= 11 is 0. The summed E-state index contributed by atoms with van der Waals surface area (Å²) in [6.45, 7) is 2.89. The molecule has 0 aromatic carbocycles. The number of rotatable bonds is 3. The van der Waals surface area contributed by atoms with Crippen LogP contribution < -0.4 is 11.1 Å². The number of nitrogens with two attached hydrogens (primary N) is 1. The first-order valence-corrected chi connectivity index (χ1v) is 7.74. The average Bonchev–Trinajstić information content (AvgIpc) is 2.35. The molecule has 0 saturated carbocycles. The number of amides is 1. The van der Waals surface area contributed by atoms with Crippen LogP contribution >= 0.6 is 0 Å². The summed E-state index contributed by atoms with van der Waals surface area (Å²) < 4.78 is 21.6. The van der Waals surface area contributed by atoms with Gasteiger partial charge in [-0.05, 0) is 31.9 Å². The first-order valence-electron chi connectivity index (χ1n) is 5.85. The van der Waals surface area contributed by atoms with Gasteiger partial charge >= 0.3 is 0 Å². The fraction of sp³-hybridized carbons (Fsp3) is 0.385. The lowest BCUT2D eigenvalue weighted by atomic mass is 10.2. The van der Waals surface area contributed by atoms with Gasteiger partial charge in [-0.15, -0.1) is 0 Å². The van der Waals surface area contributed by atoms with Crippen LogP contribution in [0.15, 0.2) is 18.2 Å². The van der Waals surface area contributed by atoms with E-state index >= 15 is 0 Å². The Morgan fingerprint density at radius 3 is 2.65 bits per heavy atom. The van der Waals surface area contributed by atoms with Crippen LogP contribution in [0.1, 0.15) is 19.5 Å². The summed E-state index contributed by atoms with van der Waals surface area (Å²) in [6, 6.07) is 4.89. The van der Waals surface area contributed by atoms with E-state index in [0.29, 0.717) is 5.69 Å². The van der Waals surface area contributed by atoms with Gasteiger partial charge in [0.2, 0.25) is 5.91 Å². The largest absolute Gasteiger partial charge is 0.320 e. The van der Waals surface area contributed by atoms with Crippen LogP contribution in [-0.2, 0) is 14.6 Å². The molecular formula is C13H17N3O3S. The summed E-state index contributed by atoms with van der Waals surface area (Å²) in [5.41, 5.74) is 5.71.